The minimum Gasteiger partial charge on any atom is -0.476 e. The summed E-state index contributed by atoms with van der Waals surface area (Å²) < 4.78 is 52.2. The van der Waals surface area contributed by atoms with E-state index < -0.39 is 29.2 Å². The zero-order valence-corrected chi connectivity index (χ0v) is 11.3. The first-order valence-electron chi connectivity index (χ1n) is 6.36. The Hall–Kier alpha value is -2.90. The molecule has 0 unspecified atom stereocenters. The van der Waals surface area contributed by atoms with Crippen molar-refractivity contribution in [3.05, 3.63) is 59.7 Å². The van der Waals surface area contributed by atoms with Gasteiger partial charge in [0.05, 0.1) is 5.56 Å². The molecule has 0 amide bonds. The third-order valence-corrected chi connectivity index (χ3v) is 3.27. The third kappa shape index (κ3) is 2.63. The Balaban J connectivity index is 2.29. The lowest BCUT2D eigenvalue weighted by atomic mass is 10.1. The molecule has 23 heavy (non-hydrogen) atoms. The average Bonchev–Trinajstić information content (AvgIpc) is 2.85. The molecule has 0 bridgehead atoms. The SMILES string of the molecule is O=C(O)c1c(-c2ccc(F)cc2)nc2ccc(C(F)(F)F)cn12. The highest BCUT2D eigenvalue weighted by Gasteiger charge is 2.32. The number of nitrogens with zero attached hydrogens (tertiary/aromatic N) is 2. The number of aromatic nitrogens is 2. The predicted molar refractivity (Wildman–Crippen MR) is 72.5 cm³/mol. The highest BCUT2D eigenvalue weighted by atomic mass is 19.4. The van der Waals surface area contributed by atoms with Crippen molar-refractivity contribution in [3.63, 3.8) is 0 Å². The van der Waals surface area contributed by atoms with Gasteiger partial charge in [0.2, 0.25) is 0 Å². The van der Waals surface area contributed by atoms with Crippen molar-refractivity contribution in [2.75, 3.05) is 0 Å². The molecule has 0 radical (unpaired) electrons. The lowest BCUT2D eigenvalue weighted by Crippen LogP contribution is -2.09. The molecular weight excluding hydrogens is 316 g/mol. The summed E-state index contributed by atoms with van der Waals surface area (Å²) >= 11 is 0. The van der Waals surface area contributed by atoms with Gasteiger partial charge in [-0.1, -0.05) is 0 Å². The van der Waals surface area contributed by atoms with Crippen LogP contribution in [0.5, 0.6) is 0 Å². The van der Waals surface area contributed by atoms with E-state index in [0.29, 0.717) is 11.8 Å². The van der Waals surface area contributed by atoms with Crippen molar-refractivity contribution < 1.29 is 27.5 Å². The number of benzene rings is 1. The minimum atomic E-state index is -4.61. The minimum absolute atomic E-state index is 0.0307. The molecule has 0 atom stereocenters. The van der Waals surface area contributed by atoms with Gasteiger partial charge in [-0.25, -0.2) is 14.2 Å². The van der Waals surface area contributed by atoms with Gasteiger partial charge in [-0.05, 0) is 36.4 Å². The molecule has 3 aromatic rings. The summed E-state index contributed by atoms with van der Waals surface area (Å²) in [5.41, 5.74) is -1.10. The summed E-state index contributed by atoms with van der Waals surface area (Å²) in [4.78, 5) is 15.5. The molecule has 4 nitrogen and oxygen atoms in total. The van der Waals surface area contributed by atoms with Crippen LogP contribution >= 0.6 is 0 Å². The third-order valence-electron chi connectivity index (χ3n) is 3.27. The fourth-order valence-corrected chi connectivity index (χ4v) is 2.23. The molecular formula is C15H8F4N2O2. The van der Waals surface area contributed by atoms with E-state index in [1.54, 1.807) is 0 Å². The Bertz CT molecular complexity index is 898. The Kier molecular flexibility index (Phi) is 3.32. The Morgan fingerprint density at radius 2 is 1.74 bits per heavy atom. The lowest BCUT2D eigenvalue weighted by Gasteiger charge is -2.07. The number of pyridine rings is 1. The van der Waals surface area contributed by atoms with E-state index in [1.165, 1.54) is 12.1 Å². The van der Waals surface area contributed by atoms with E-state index in [9.17, 15) is 27.5 Å². The fourth-order valence-electron chi connectivity index (χ4n) is 2.23. The molecule has 1 aromatic carbocycles. The molecule has 118 valence electrons. The van der Waals surface area contributed by atoms with Crippen LogP contribution in [0.3, 0.4) is 0 Å². The van der Waals surface area contributed by atoms with Crippen molar-refractivity contribution >= 4 is 11.6 Å². The maximum Gasteiger partial charge on any atom is 0.417 e. The van der Waals surface area contributed by atoms with Gasteiger partial charge >= 0.3 is 12.1 Å². The molecule has 8 heteroatoms. The number of carboxylic acid groups (broad SMARTS) is 1. The van der Waals surface area contributed by atoms with Crippen molar-refractivity contribution in [2.45, 2.75) is 6.18 Å². The number of aromatic carboxylic acids is 1. The molecule has 0 aliphatic heterocycles. The van der Waals surface area contributed by atoms with E-state index >= 15 is 0 Å². The van der Waals surface area contributed by atoms with Gasteiger partial charge in [-0.3, -0.25) is 4.40 Å². The summed E-state index contributed by atoms with van der Waals surface area (Å²) in [6.07, 6.45) is -3.93. The first-order chi connectivity index (χ1) is 10.8. The number of fused-ring (bicyclic) bond motifs is 1. The Morgan fingerprint density at radius 3 is 2.30 bits per heavy atom. The molecule has 1 N–H and O–H groups in total. The van der Waals surface area contributed by atoms with Crippen LogP contribution in [0, 0.1) is 5.82 Å². The van der Waals surface area contributed by atoms with Gasteiger partial charge in [-0.15, -0.1) is 0 Å². The Morgan fingerprint density at radius 1 is 1.09 bits per heavy atom. The maximum atomic E-state index is 13.0. The zero-order chi connectivity index (χ0) is 16.8. The summed E-state index contributed by atoms with van der Waals surface area (Å²) in [6.45, 7) is 0. The molecule has 3 rings (SSSR count). The highest BCUT2D eigenvalue weighted by molar-refractivity contribution is 5.94. The first-order valence-corrected chi connectivity index (χ1v) is 6.36. The van der Waals surface area contributed by atoms with Gasteiger partial charge in [0, 0.05) is 11.8 Å². The molecule has 0 spiro atoms. The largest absolute Gasteiger partial charge is 0.476 e. The molecule has 0 aliphatic carbocycles. The number of hydrogen-bond acceptors (Lipinski definition) is 2. The quantitative estimate of drug-likeness (QED) is 0.728. The summed E-state index contributed by atoms with van der Waals surface area (Å²) in [6, 6.07) is 6.77. The van der Waals surface area contributed by atoms with Crippen LogP contribution in [0.15, 0.2) is 42.6 Å². The topological polar surface area (TPSA) is 54.6 Å². The number of halogens is 4. The number of alkyl halides is 3. The second kappa shape index (κ2) is 5.08. The average molecular weight is 324 g/mol. The number of imidazole rings is 1. The van der Waals surface area contributed by atoms with Crippen LogP contribution < -0.4 is 0 Å². The van der Waals surface area contributed by atoms with Crippen molar-refractivity contribution in [1.82, 2.24) is 9.38 Å². The van der Waals surface area contributed by atoms with Crippen LogP contribution in [0.1, 0.15) is 16.1 Å². The first kappa shape index (κ1) is 15.0. The van der Waals surface area contributed by atoms with E-state index in [0.717, 1.165) is 28.7 Å². The van der Waals surface area contributed by atoms with E-state index in [4.69, 9.17) is 0 Å². The number of hydrogen-bond donors (Lipinski definition) is 1. The highest BCUT2D eigenvalue weighted by Crippen LogP contribution is 2.31. The number of carbonyl (C=O) groups is 1. The van der Waals surface area contributed by atoms with Gasteiger partial charge in [0.25, 0.3) is 0 Å². The van der Waals surface area contributed by atoms with Gasteiger partial charge in [0.15, 0.2) is 5.69 Å². The molecule has 2 heterocycles. The van der Waals surface area contributed by atoms with Gasteiger partial charge in [-0.2, -0.15) is 13.2 Å². The van der Waals surface area contributed by atoms with Crippen LogP contribution in [0.4, 0.5) is 17.6 Å². The second-order valence-electron chi connectivity index (χ2n) is 4.76. The van der Waals surface area contributed by atoms with Crippen LogP contribution in [0.25, 0.3) is 16.9 Å². The zero-order valence-electron chi connectivity index (χ0n) is 11.3. The normalized spacial score (nSPS) is 11.8. The Labute approximate surface area is 126 Å². The molecule has 2 aromatic heterocycles. The van der Waals surface area contributed by atoms with Gasteiger partial charge in [0.1, 0.15) is 17.2 Å². The lowest BCUT2D eigenvalue weighted by molar-refractivity contribution is -0.137. The van der Waals surface area contributed by atoms with Crippen molar-refractivity contribution in [1.29, 1.82) is 0 Å². The van der Waals surface area contributed by atoms with Crippen LogP contribution in [-0.2, 0) is 6.18 Å². The summed E-state index contributed by atoms with van der Waals surface area (Å²) in [5.74, 6) is -1.95. The fraction of sp³-hybridized carbons (Fsp3) is 0.0667. The van der Waals surface area contributed by atoms with Crippen LogP contribution in [0.2, 0.25) is 0 Å². The molecule has 0 saturated heterocycles. The van der Waals surface area contributed by atoms with E-state index in [1.807, 2.05) is 0 Å². The van der Waals surface area contributed by atoms with E-state index in [2.05, 4.69) is 4.98 Å². The van der Waals surface area contributed by atoms with Gasteiger partial charge < -0.3 is 5.11 Å². The van der Waals surface area contributed by atoms with Crippen LogP contribution in [-0.4, -0.2) is 20.5 Å². The smallest absolute Gasteiger partial charge is 0.417 e. The van der Waals surface area contributed by atoms with Crippen molar-refractivity contribution in [3.8, 4) is 11.3 Å². The van der Waals surface area contributed by atoms with Crippen molar-refractivity contribution in [2.24, 2.45) is 0 Å². The maximum absolute atomic E-state index is 13.0. The molecule has 0 saturated carbocycles. The number of rotatable bonds is 2. The molecule has 0 fully saturated rings. The standard InChI is InChI=1S/C15H8F4N2O2/c16-10-4-1-8(2-5-10)12-13(14(22)23)21-7-9(15(17,18)19)3-6-11(21)20-12/h1-7H,(H,22,23). The monoisotopic (exact) mass is 324 g/mol. The summed E-state index contributed by atoms with van der Waals surface area (Å²) in [7, 11) is 0. The second-order valence-corrected chi connectivity index (χ2v) is 4.76. The summed E-state index contributed by atoms with van der Waals surface area (Å²) in [5, 5.41) is 9.35. The number of carboxylic acids is 1. The van der Waals surface area contributed by atoms with E-state index in [-0.39, 0.29) is 11.3 Å². The molecule has 0 aliphatic rings. The predicted octanol–water partition coefficient (Wildman–Crippen LogP) is 3.86.